The number of amides is 5. The molecule has 0 aromatic heterocycles. The van der Waals surface area contributed by atoms with Gasteiger partial charge in [0.05, 0.1) is 0 Å². The van der Waals surface area contributed by atoms with Gasteiger partial charge < -0.3 is 21.1 Å². The molecule has 1 fully saturated rings. The van der Waals surface area contributed by atoms with Gasteiger partial charge in [0, 0.05) is 6.42 Å². The molecule has 0 unspecified atom stereocenters. The summed E-state index contributed by atoms with van der Waals surface area (Å²) in [5.41, 5.74) is 4.55. The number of hydrogen-bond acceptors (Lipinski definition) is 6. The minimum Gasteiger partial charge on any atom is -0.444 e. The van der Waals surface area contributed by atoms with Crippen LogP contribution in [0, 0.1) is 5.92 Å². The molecule has 10 nitrogen and oxygen atoms in total. The molecule has 0 spiro atoms. The van der Waals surface area contributed by atoms with E-state index in [1.807, 2.05) is 0 Å². The normalized spacial score (nSPS) is 19.2. The number of nitrogens with zero attached hydrogens (tertiary/aromatic N) is 1. The third-order valence-electron chi connectivity index (χ3n) is 4.13. The van der Waals surface area contributed by atoms with E-state index < -0.39 is 53.4 Å². The highest BCUT2D eigenvalue weighted by molar-refractivity contribution is 6.05. The number of rotatable bonds is 6. The molecule has 0 radical (unpaired) electrons. The first-order valence-corrected chi connectivity index (χ1v) is 9.19. The number of imide groups is 1. The van der Waals surface area contributed by atoms with Gasteiger partial charge >= 0.3 is 6.09 Å². The number of carbonyl (C=O) groups excluding carboxylic acids is 5. The summed E-state index contributed by atoms with van der Waals surface area (Å²) in [5.74, 6) is -2.85. The van der Waals surface area contributed by atoms with Gasteiger partial charge in [0.25, 0.3) is 5.91 Å². The fourth-order valence-electron chi connectivity index (χ4n) is 2.78. The van der Waals surface area contributed by atoms with Crippen molar-refractivity contribution in [3.8, 4) is 0 Å². The van der Waals surface area contributed by atoms with Crippen molar-refractivity contribution in [1.82, 2.24) is 15.5 Å². The predicted octanol–water partition coefficient (Wildman–Crippen LogP) is 0.0433. The van der Waals surface area contributed by atoms with Crippen LogP contribution in [0.15, 0.2) is 0 Å². The van der Waals surface area contributed by atoms with Crippen LogP contribution in [0.1, 0.15) is 54.4 Å². The van der Waals surface area contributed by atoms with Gasteiger partial charge in [-0.3, -0.25) is 24.1 Å². The van der Waals surface area contributed by atoms with E-state index in [1.54, 1.807) is 34.6 Å². The fraction of sp³-hybridized carbons (Fsp3) is 0.722. The van der Waals surface area contributed by atoms with Crippen molar-refractivity contribution >= 4 is 29.7 Å². The summed E-state index contributed by atoms with van der Waals surface area (Å²) in [7, 11) is 0. The highest BCUT2D eigenvalue weighted by Crippen LogP contribution is 2.21. The minimum absolute atomic E-state index is 0.00585. The molecule has 158 valence electrons. The number of primary amides is 1. The van der Waals surface area contributed by atoms with E-state index in [1.165, 1.54) is 6.92 Å². The molecular formula is C18H30N4O6. The maximum Gasteiger partial charge on any atom is 0.408 e. The molecule has 0 aliphatic carbocycles. The molecule has 1 aliphatic rings. The second-order valence-electron chi connectivity index (χ2n) is 8.16. The third kappa shape index (κ3) is 6.21. The highest BCUT2D eigenvalue weighted by Gasteiger charge is 2.43. The maximum atomic E-state index is 12.7. The Balaban J connectivity index is 2.87. The molecule has 5 amide bonds. The van der Waals surface area contributed by atoms with Gasteiger partial charge in [-0.05, 0) is 40.0 Å². The Kier molecular flexibility index (Phi) is 7.54. The molecule has 4 N–H and O–H groups in total. The Bertz CT molecular complexity index is 655. The number of nitrogens with two attached hydrogens (primary N) is 1. The van der Waals surface area contributed by atoms with Gasteiger partial charge in [0.1, 0.15) is 23.7 Å². The summed E-state index contributed by atoms with van der Waals surface area (Å²) < 4.78 is 5.09. The van der Waals surface area contributed by atoms with E-state index >= 15 is 0 Å². The Morgan fingerprint density at radius 3 is 2.18 bits per heavy atom. The standard InChI is InChI=1S/C18H30N4O6/c1-9(2)13(14(19)24)21-15(25)11-7-8-12(23)22(11)16(26)10(3)20-17(27)28-18(4,5)6/h9-11,13H,7-8H2,1-6H3,(H2,19,24)(H,20,27)(H,21,25)/t10-,11-,13-/m0/s1. The van der Waals surface area contributed by atoms with Gasteiger partial charge in [0.2, 0.25) is 17.7 Å². The molecule has 1 saturated heterocycles. The van der Waals surface area contributed by atoms with Crippen LogP contribution in [0.4, 0.5) is 4.79 Å². The summed E-state index contributed by atoms with van der Waals surface area (Å²) in [5, 5.41) is 4.86. The average molecular weight is 398 g/mol. The van der Waals surface area contributed by atoms with Crippen molar-refractivity contribution in [2.75, 3.05) is 0 Å². The average Bonchev–Trinajstić information content (AvgIpc) is 2.90. The quantitative estimate of drug-likeness (QED) is 0.575. The lowest BCUT2D eigenvalue weighted by Gasteiger charge is -2.28. The Morgan fingerprint density at radius 2 is 1.71 bits per heavy atom. The van der Waals surface area contributed by atoms with Gasteiger partial charge in [0.15, 0.2) is 0 Å². The van der Waals surface area contributed by atoms with Crippen molar-refractivity contribution in [1.29, 1.82) is 0 Å². The van der Waals surface area contributed by atoms with Crippen LogP contribution in [-0.2, 0) is 23.9 Å². The summed E-state index contributed by atoms with van der Waals surface area (Å²) in [6, 6.07) is -3.06. The fourth-order valence-corrected chi connectivity index (χ4v) is 2.78. The van der Waals surface area contributed by atoms with E-state index in [9.17, 15) is 24.0 Å². The molecule has 1 rings (SSSR count). The van der Waals surface area contributed by atoms with Crippen molar-refractivity contribution in [2.45, 2.75) is 78.1 Å². The third-order valence-corrected chi connectivity index (χ3v) is 4.13. The first kappa shape index (κ1) is 23.4. The number of alkyl carbamates (subject to hydrolysis) is 1. The topological polar surface area (TPSA) is 148 Å². The van der Waals surface area contributed by atoms with E-state index in [4.69, 9.17) is 10.5 Å². The van der Waals surface area contributed by atoms with Crippen LogP contribution < -0.4 is 16.4 Å². The van der Waals surface area contributed by atoms with Crippen LogP contribution in [0.2, 0.25) is 0 Å². The van der Waals surface area contributed by atoms with E-state index in [0.29, 0.717) is 0 Å². The first-order valence-electron chi connectivity index (χ1n) is 9.19. The number of ether oxygens (including phenoxy) is 1. The lowest BCUT2D eigenvalue weighted by atomic mass is 10.0. The van der Waals surface area contributed by atoms with Crippen molar-refractivity contribution < 1.29 is 28.7 Å². The zero-order chi connectivity index (χ0) is 21.8. The van der Waals surface area contributed by atoms with Crippen LogP contribution in [-0.4, -0.2) is 58.3 Å². The molecular weight excluding hydrogens is 368 g/mol. The SMILES string of the molecule is CC(C)[C@H](NC(=O)[C@@H]1CCC(=O)N1C(=O)[C@H](C)NC(=O)OC(C)(C)C)C(N)=O. The number of likely N-dealkylation sites (tertiary alicyclic amines) is 1. The predicted molar refractivity (Wildman–Crippen MR) is 99.7 cm³/mol. The lowest BCUT2D eigenvalue weighted by molar-refractivity contribution is -0.149. The number of hydrogen-bond donors (Lipinski definition) is 3. The molecule has 1 aliphatic heterocycles. The zero-order valence-electron chi connectivity index (χ0n) is 17.2. The molecule has 0 aromatic rings. The molecule has 10 heteroatoms. The highest BCUT2D eigenvalue weighted by atomic mass is 16.6. The van der Waals surface area contributed by atoms with E-state index in [2.05, 4.69) is 10.6 Å². The number of nitrogens with one attached hydrogen (secondary N) is 2. The molecule has 3 atom stereocenters. The van der Waals surface area contributed by atoms with E-state index in [-0.39, 0.29) is 18.8 Å². The molecule has 0 aromatic carbocycles. The van der Waals surface area contributed by atoms with Crippen LogP contribution >= 0.6 is 0 Å². The first-order chi connectivity index (χ1) is 12.7. The summed E-state index contributed by atoms with van der Waals surface area (Å²) in [6.07, 6.45) is -0.681. The summed E-state index contributed by atoms with van der Waals surface area (Å²) in [6.45, 7) is 9.84. The van der Waals surface area contributed by atoms with Gasteiger partial charge in [-0.2, -0.15) is 0 Å². The second kappa shape index (κ2) is 9.03. The summed E-state index contributed by atoms with van der Waals surface area (Å²) in [4.78, 5) is 61.7. The number of carbonyl (C=O) groups is 5. The van der Waals surface area contributed by atoms with Crippen LogP contribution in [0.3, 0.4) is 0 Å². The van der Waals surface area contributed by atoms with Gasteiger partial charge in [-0.1, -0.05) is 13.8 Å². The van der Waals surface area contributed by atoms with Crippen molar-refractivity contribution in [3.05, 3.63) is 0 Å². The molecule has 1 heterocycles. The summed E-state index contributed by atoms with van der Waals surface area (Å²) >= 11 is 0. The Hall–Kier alpha value is -2.65. The van der Waals surface area contributed by atoms with Crippen molar-refractivity contribution in [3.63, 3.8) is 0 Å². The Morgan fingerprint density at radius 1 is 1.14 bits per heavy atom. The zero-order valence-corrected chi connectivity index (χ0v) is 17.2. The lowest BCUT2D eigenvalue weighted by Crippen LogP contribution is -2.57. The second-order valence-corrected chi connectivity index (χ2v) is 8.16. The molecule has 0 saturated carbocycles. The Labute approximate surface area is 164 Å². The van der Waals surface area contributed by atoms with Gasteiger partial charge in [-0.25, -0.2) is 4.79 Å². The smallest absolute Gasteiger partial charge is 0.408 e. The largest absolute Gasteiger partial charge is 0.444 e. The maximum absolute atomic E-state index is 12.7. The molecule has 0 bridgehead atoms. The van der Waals surface area contributed by atoms with Crippen LogP contribution in [0.5, 0.6) is 0 Å². The minimum atomic E-state index is -1.08. The van der Waals surface area contributed by atoms with Gasteiger partial charge in [-0.15, -0.1) is 0 Å². The molecule has 28 heavy (non-hydrogen) atoms. The monoisotopic (exact) mass is 398 g/mol. The van der Waals surface area contributed by atoms with E-state index in [0.717, 1.165) is 4.90 Å². The van der Waals surface area contributed by atoms with Crippen LogP contribution in [0.25, 0.3) is 0 Å². The van der Waals surface area contributed by atoms with Crippen molar-refractivity contribution in [2.24, 2.45) is 11.7 Å².